The van der Waals surface area contributed by atoms with E-state index >= 15 is 0 Å². The molecule has 2 aliphatic rings. The molecule has 4 N–H and O–H groups in total. The third-order valence-electron chi connectivity index (χ3n) is 8.68. The summed E-state index contributed by atoms with van der Waals surface area (Å²) in [7, 11) is 0. The van der Waals surface area contributed by atoms with Crippen LogP contribution < -0.4 is 0 Å². The SMILES string of the molecule is Cc1ccc(C2=NOC(Cc3cc4c(O)c(c3)Cc3cccc(c3O)Cc3cccc(c3O)Cc3cccc(c3O)C4)C2)s1. The molecule has 7 heteroatoms. The van der Waals surface area contributed by atoms with Gasteiger partial charge in [-0.2, -0.15) is 0 Å². The van der Waals surface area contributed by atoms with Gasteiger partial charge in [-0.15, -0.1) is 11.3 Å². The summed E-state index contributed by atoms with van der Waals surface area (Å²) in [4.78, 5) is 8.21. The van der Waals surface area contributed by atoms with Crippen LogP contribution in [0.3, 0.4) is 0 Å². The Labute approximate surface area is 260 Å². The van der Waals surface area contributed by atoms with E-state index in [2.05, 4.69) is 24.2 Å². The van der Waals surface area contributed by atoms with Crippen LogP contribution in [-0.2, 0) is 36.9 Å². The highest BCUT2D eigenvalue weighted by Crippen LogP contribution is 2.38. The largest absolute Gasteiger partial charge is 0.507 e. The van der Waals surface area contributed by atoms with Gasteiger partial charge in [-0.1, -0.05) is 71.9 Å². The highest BCUT2D eigenvalue weighted by molar-refractivity contribution is 7.14. The molecule has 1 aliphatic heterocycles. The lowest BCUT2D eigenvalue weighted by atomic mass is 9.89. The van der Waals surface area contributed by atoms with Gasteiger partial charge >= 0.3 is 0 Å². The van der Waals surface area contributed by atoms with E-state index in [-0.39, 0.29) is 29.1 Å². The summed E-state index contributed by atoms with van der Waals surface area (Å²) in [6.45, 7) is 2.08. The molecule has 4 aromatic carbocycles. The van der Waals surface area contributed by atoms with Gasteiger partial charge in [-0.25, -0.2) is 0 Å². The molecule has 1 aliphatic carbocycles. The Morgan fingerprint density at radius 2 is 1.07 bits per heavy atom. The number of hydrogen-bond donors (Lipinski definition) is 4. The minimum atomic E-state index is -0.134. The van der Waals surface area contributed by atoms with Gasteiger partial charge in [0.2, 0.25) is 0 Å². The monoisotopic (exact) mass is 603 g/mol. The number of aromatic hydroxyl groups is 4. The number of aryl methyl sites for hydroxylation is 1. The molecule has 0 amide bonds. The maximum atomic E-state index is 11.6. The number of hydrogen-bond acceptors (Lipinski definition) is 7. The molecular weight excluding hydrogens is 570 g/mol. The first-order valence-electron chi connectivity index (χ1n) is 14.8. The van der Waals surface area contributed by atoms with Crippen molar-refractivity contribution in [3.8, 4) is 23.0 Å². The third kappa shape index (κ3) is 5.40. The van der Waals surface area contributed by atoms with Crippen LogP contribution in [-0.4, -0.2) is 32.2 Å². The zero-order valence-electron chi connectivity index (χ0n) is 24.4. The Morgan fingerprint density at radius 1 is 0.636 bits per heavy atom. The number of thiophene rings is 1. The summed E-state index contributed by atoms with van der Waals surface area (Å²) in [5, 5.41) is 49.8. The fraction of sp³-hybridized carbons (Fsp3) is 0.216. The van der Waals surface area contributed by atoms with E-state index in [9.17, 15) is 20.4 Å². The predicted octanol–water partition coefficient (Wildman–Crippen LogP) is 7.29. The number of fused-ring (bicyclic) bond motifs is 8. The molecule has 1 atom stereocenters. The van der Waals surface area contributed by atoms with Crippen LogP contribution in [0.4, 0.5) is 0 Å². The van der Waals surface area contributed by atoms with Crippen molar-refractivity contribution in [2.24, 2.45) is 5.16 Å². The standard InChI is InChI=1S/C37H33NO5S/c1-21-11-12-33(44-21)32-20-31(43-38-32)15-22-13-29-18-27-9-3-7-25(35(27)40)16-23-5-2-6-24(34(23)39)17-26-8-4-10-28(36(26)41)19-30(14-22)37(29)42/h2-14,31,39-42H,15-20H2,1H3. The molecule has 0 radical (unpaired) electrons. The average molecular weight is 604 g/mol. The summed E-state index contributed by atoms with van der Waals surface area (Å²) in [6, 6.07) is 25.0. The van der Waals surface area contributed by atoms with Crippen molar-refractivity contribution in [1.29, 1.82) is 0 Å². The van der Waals surface area contributed by atoms with Crippen LogP contribution in [0.2, 0.25) is 0 Å². The molecule has 1 aromatic heterocycles. The molecule has 44 heavy (non-hydrogen) atoms. The maximum Gasteiger partial charge on any atom is 0.137 e. The smallest absolute Gasteiger partial charge is 0.137 e. The number of nitrogens with zero attached hydrogens (tertiary/aromatic N) is 1. The van der Waals surface area contributed by atoms with Gasteiger partial charge in [-0.3, -0.25) is 0 Å². The first kappa shape index (κ1) is 28.0. The molecule has 6 nitrogen and oxygen atoms in total. The molecule has 0 spiro atoms. The third-order valence-corrected chi connectivity index (χ3v) is 9.73. The van der Waals surface area contributed by atoms with Crippen molar-refractivity contribution in [2.45, 2.75) is 51.6 Å². The van der Waals surface area contributed by atoms with Crippen molar-refractivity contribution >= 4 is 17.0 Å². The normalized spacial score (nSPS) is 15.9. The van der Waals surface area contributed by atoms with Crippen LogP contribution in [0.25, 0.3) is 0 Å². The molecule has 0 saturated carbocycles. The molecule has 2 heterocycles. The molecule has 8 bridgehead atoms. The van der Waals surface area contributed by atoms with Gasteiger partial charge in [0.15, 0.2) is 0 Å². The van der Waals surface area contributed by atoms with Crippen LogP contribution >= 0.6 is 11.3 Å². The van der Waals surface area contributed by atoms with E-state index in [0.717, 1.165) is 16.2 Å². The van der Waals surface area contributed by atoms with Gasteiger partial charge in [-0.05, 0) is 69.1 Å². The highest BCUT2D eigenvalue weighted by atomic mass is 32.1. The van der Waals surface area contributed by atoms with Crippen molar-refractivity contribution in [3.05, 3.63) is 139 Å². The van der Waals surface area contributed by atoms with E-state index in [0.29, 0.717) is 83.0 Å². The van der Waals surface area contributed by atoms with Crippen molar-refractivity contribution in [2.75, 3.05) is 0 Å². The van der Waals surface area contributed by atoms with Crippen LogP contribution in [0.5, 0.6) is 23.0 Å². The summed E-state index contributed by atoms with van der Waals surface area (Å²) in [5.41, 5.74) is 7.45. The summed E-state index contributed by atoms with van der Waals surface area (Å²) < 4.78 is 0. The minimum Gasteiger partial charge on any atom is -0.507 e. The number of rotatable bonds is 3. The minimum absolute atomic E-state index is 0.134. The lowest BCUT2D eigenvalue weighted by Gasteiger charge is -2.18. The van der Waals surface area contributed by atoms with Gasteiger partial charge in [0.25, 0.3) is 0 Å². The van der Waals surface area contributed by atoms with Crippen LogP contribution in [0, 0.1) is 6.92 Å². The second kappa shape index (κ2) is 11.4. The Morgan fingerprint density at radius 3 is 1.50 bits per heavy atom. The Hall–Kier alpha value is -4.75. The Bertz CT molecular complexity index is 1830. The zero-order chi connectivity index (χ0) is 30.4. The molecule has 0 fully saturated rings. The van der Waals surface area contributed by atoms with Gasteiger partial charge in [0.05, 0.1) is 4.88 Å². The maximum absolute atomic E-state index is 11.6. The highest BCUT2D eigenvalue weighted by Gasteiger charge is 2.25. The van der Waals surface area contributed by atoms with E-state index < -0.39 is 0 Å². The lowest BCUT2D eigenvalue weighted by Crippen LogP contribution is -2.12. The van der Waals surface area contributed by atoms with E-state index in [4.69, 9.17) is 4.84 Å². The Balaban J connectivity index is 1.29. The fourth-order valence-electron chi connectivity index (χ4n) is 6.37. The Kier molecular flexibility index (Phi) is 7.26. The first-order valence-corrected chi connectivity index (χ1v) is 15.7. The van der Waals surface area contributed by atoms with E-state index in [1.165, 1.54) is 4.88 Å². The number of para-hydroxylation sites is 3. The molecule has 0 saturated heterocycles. The number of phenolic OH excluding ortho intramolecular Hbond substituents is 4. The quantitative estimate of drug-likeness (QED) is 0.170. The fourth-order valence-corrected chi connectivity index (χ4v) is 7.22. The molecule has 1 unspecified atom stereocenters. The summed E-state index contributed by atoms with van der Waals surface area (Å²) >= 11 is 1.71. The second-order valence-electron chi connectivity index (χ2n) is 11.8. The number of benzene rings is 4. The molecular formula is C37H33NO5S. The van der Waals surface area contributed by atoms with Crippen molar-refractivity contribution in [3.63, 3.8) is 0 Å². The van der Waals surface area contributed by atoms with E-state index in [1.807, 2.05) is 66.7 Å². The first-order chi connectivity index (χ1) is 21.3. The molecule has 222 valence electrons. The topological polar surface area (TPSA) is 103 Å². The van der Waals surface area contributed by atoms with E-state index in [1.54, 1.807) is 11.3 Å². The number of phenols is 4. The summed E-state index contributed by atoms with van der Waals surface area (Å²) in [5.74, 6) is 0.623. The predicted molar refractivity (Wildman–Crippen MR) is 172 cm³/mol. The van der Waals surface area contributed by atoms with Gasteiger partial charge in [0, 0.05) is 43.4 Å². The van der Waals surface area contributed by atoms with Crippen LogP contribution in [0.15, 0.2) is 84.0 Å². The summed E-state index contributed by atoms with van der Waals surface area (Å²) in [6.07, 6.45) is 2.47. The second-order valence-corrected chi connectivity index (χ2v) is 13.1. The van der Waals surface area contributed by atoms with Crippen molar-refractivity contribution in [1.82, 2.24) is 0 Å². The molecule has 7 rings (SSSR count). The molecule has 5 aromatic rings. The lowest BCUT2D eigenvalue weighted by molar-refractivity contribution is 0.0859. The van der Waals surface area contributed by atoms with Gasteiger partial charge < -0.3 is 25.3 Å². The zero-order valence-corrected chi connectivity index (χ0v) is 25.2. The number of oxime groups is 1. The van der Waals surface area contributed by atoms with Crippen molar-refractivity contribution < 1.29 is 25.3 Å². The average Bonchev–Trinajstić information content (AvgIpc) is 3.65. The van der Waals surface area contributed by atoms with Crippen LogP contribution in [0.1, 0.15) is 66.2 Å². The van der Waals surface area contributed by atoms with Gasteiger partial charge in [0.1, 0.15) is 34.8 Å².